The SMILES string of the molecule is CCNC(=O)C(C)(C)[NH+]1C[C@@H]2[C@H](C1)N(c1ccc(C(F)(F)c3ccc(F)cc3)cc1)C(=O)c1c(NC(=O)c3ccc(OC)c(C#N)c3)cnn12.[I-]. The van der Waals surface area contributed by atoms with Crippen molar-refractivity contribution >= 4 is 29.1 Å². The third-order valence-electron chi connectivity index (χ3n) is 9.55. The molecular formula is C36H35F3IN7O4. The molecule has 0 saturated carbocycles. The molecule has 0 bridgehead atoms. The van der Waals surface area contributed by atoms with Crippen LogP contribution in [0, 0.1) is 17.1 Å². The summed E-state index contributed by atoms with van der Waals surface area (Å²) in [5, 5.41) is 19.6. The molecular weight excluding hydrogens is 778 g/mol. The van der Waals surface area contributed by atoms with Gasteiger partial charge in [0, 0.05) is 28.9 Å². The number of carbonyl (C=O) groups excluding carboxylic acids is 3. The van der Waals surface area contributed by atoms with Crippen molar-refractivity contribution in [3.05, 3.63) is 107 Å². The van der Waals surface area contributed by atoms with E-state index in [4.69, 9.17) is 4.74 Å². The van der Waals surface area contributed by atoms with Crippen LogP contribution in [0.3, 0.4) is 0 Å². The molecule has 0 spiro atoms. The fourth-order valence-electron chi connectivity index (χ4n) is 6.71. The normalized spacial score (nSPS) is 18.2. The monoisotopic (exact) mass is 813 g/mol. The maximum absolute atomic E-state index is 15.4. The van der Waals surface area contributed by atoms with Crippen molar-refractivity contribution < 1.29 is 61.2 Å². The van der Waals surface area contributed by atoms with E-state index in [0.717, 1.165) is 29.2 Å². The number of benzene rings is 3. The molecule has 1 saturated heterocycles. The van der Waals surface area contributed by atoms with Gasteiger partial charge in [0.05, 0.1) is 24.6 Å². The largest absolute Gasteiger partial charge is 1.00 e. The van der Waals surface area contributed by atoms with Crippen molar-refractivity contribution in [3.63, 3.8) is 0 Å². The van der Waals surface area contributed by atoms with Gasteiger partial charge >= 0.3 is 0 Å². The van der Waals surface area contributed by atoms with Crippen LogP contribution in [0.5, 0.6) is 5.75 Å². The van der Waals surface area contributed by atoms with E-state index in [2.05, 4.69) is 15.7 Å². The van der Waals surface area contributed by atoms with E-state index in [9.17, 15) is 24.0 Å². The van der Waals surface area contributed by atoms with Crippen LogP contribution in [-0.4, -0.2) is 65.8 Å². The molecule has 1 fully saturated rings. The number of hydrogen-bond donors (Lipinski definition) is 3. The minimum absolute atomic E-state index is 0. The highest BCUT2D eigenvalue weighted by Crippen LogP contribution is 2.39. The number of rotatable bonds is 9. The van der Waals surface area contributed by atoms with Crippen LogP contribution in [0.25, 0.3) is 0 Å². The summed E-state index contributed by atoms with van der Waals surface area (Å²) >= 11 is 0. The molecule has 51 heavy (non-hydrogen) atoms. The van der Waals surface area contributed by atoms with Gasteiger partial charge in [-0.25, -0.2) is 9.07 Å². The van der Waals surface area contributed by atoms with Gasteiger partial charge in [-0.05, 0) is 75.4 Å². The fourth-order valence-corrected chi connectivity index (χ4v) is 6.71. The molecule has 3 heterocycles. The second-order valence-electron chi connectivity index (χ2n) is 12.8. The van der Waals surface area contributed by atoms with Gasteiger partial charge in [-0.1, -0.05) is 12.1 Å². The Hall–Kier alpha value is -4.95. The molecule has 15 heteroatoms. The molecule has 0 aliphatic carbocycles. The third kappa shape index (κ3) is 6.65. The maximum Gasteiger partial charge on any atom is 0.298 e. The lowest BCUT2D eigenvalue weighted by Gasteiger charge is -2.36. The standard InChI is InChI=1S/C36H34F3N7O4.HI/c1-5-41-34(49)35(2,3)44-19-28-29(20-44)46-31(27(18-42-46)43-32(47)21-6-15-30(50-4)22(16-21)17-40)33(48)45(28)26-13-9-24(10-14-26)36(38,39)23-7-11-25(37)12-8-23;/h6-16,18,28-29H,5,19-20H2,1-4H3,(H,41,49)(H,43,47);1H/t28-,29+;/m0./s1. The number of alkyl halides is 2. The second-order valence-corrected chi connectivity index (χ2v) is 12.8. The van der Waals surface area contributed by atoms with Crippen molar-refractivity contribution in [2.45, 2.75) is 44.3 Å². The number of amides is 3. The van der Waals surface area contributed by atoms with Crippen molar-refractivity contribution in [2.24, 2.45) is 0 Å². The zero-order valence-electron chi connectivity index (χ0n) is 28.1. The predicted molar refractivity (Wildman–Crippen MR) is 177 cm³/mol. The summed E-state index contributed by atoms with van der Waals surface area (Å²) in [7, 11) is 1.41. The van der Waals surface area contributed by atoms with Gasteiger partial charge in [0.2, 0.25) is 0 Å². The molecule has 266 valence electrons. The number of methoxy groups -OCH3 is 1. The van der Waals surface area contributed by atoms with Crippen LogP contribution in [0.1, 0.15) is 64.3 Å². The lowest BCUT2D eigenvalue weighted by Crippen LogP contribution is -3.20. The minimum Gasteiger partial charge on any atom is -1.00 e. The molecule has 1 unspecified atom stereocenters. The van der Waals surface area contributed by atoms with Gasteiger partial charge in [-0.2, -0.15) is 19.1 Å². The molecule has 2 aliphatic rings. The molecule has 4 aromatic rings. The highest BCUT2D eigenvalue weighted by atomic mass is 127. The van der Waals surface area contributed by atoms with Crippen molar-refractivity contribution in [3.8, 4) is 11.8 Å². The quantitative estimate of drug-likeness (QED) is 0.213. The number of hydrogen-bond acceptors (Lipinski definition) is 6. The van der Waals surface area contributed by atoms with Gasteiger partial charge in [-0.3, -0.25) is 19.3 Å². The van der Waals surface area contributed by atoms with E-state index < -0.39 is 41.2 Å². The third-order valence-corrected chi connectivity index (χ3v) is 9.55. The molecule has 11 nitrogen and oxygen atoms in total. The fraction of sp³-hybridized carbons (Fsp3) is 0.306. The molecule has 0 radical (unpaired) electrons. The van der Waals surface area contributed by atoms with Crippen LogP contribution >= 0.6 is 0 Å². The van der Waals surface area contributed by atoms with Crippen LogP contribution in [0.15, 0.2) is 72.9 Å². The first-order valence-electron chi connectivity index (χ1n) is 16.0. The zero-order valence-corrected chi connectivity index (χ0v) is 30.3. The number of halogens is 4. The van der Waals surface area contributed by atoms with E-state index in [-0.39, 0.29) is 63.5 Å². The number of carbonyl (C=O) groups is 3. The lowest BCUT2D eigenvalue weighted by molar-refractivity contribution is -0.927. The Morgan fingerprint density at radius 3 is 2.27 bits per heavy atom. The Morgan fingerprint density at radius 1 is 1.04 bits per heavy atom. The van der Waals surface area contributed by atoms with Gasteiger partial charge in [-0.15, -0.1) is 0 Å². The molecule has 3 amide bonds. The van der Waals surface area contributed by atoms with E-state index in [1.165, 1.54) is 60.7 Å². The number of fused-ring (bicyclic) bond motifs is 3. The minimum atomic E-state index is -3.44. The molecule has 6 rings (SSSR count). The number of nitrogens with one attached hydrogen (secondary N) is 3. The summed E-state index contributed by atoms with van der Waals surface area (Å²) in [6, 6.07) is 14.7. The molecule has 3 aromatic carbocycles. The number of likely N-dealkylation sites (tertiary alicyclic amines) is 1. The summed E-state index contributed by atoms with van der Waals surface area (Å²) in [4.78, 5) is 43.4. The number of likely N-dealkylation sites (N-methyl/N-ethyl adjacent to an activating group) is 1. The van der Waals surface area contributed by atoms with Crippen molar-refractivity contribution in [1.29, 1.82) is 5.26 Å². The highest BCUT2D eigenvalue weighted by Gasteiger charge is 2.55. The lowest BCUT2D eigenvalue weighted by atomic mass is 9.99. The second kappa shape index (κ2) is 14.3. The Balaban J connectivity index is 0.00000504. The molecule has 2 aliphatic heterocycles. The smallest absolute Gasteiger partial charge is 0.298 e. The van der Waals surface area contributed by atoms with Crippen LogP contribution in [0.4, 0.5) is 24.5 Å². The number of ether oxygens (including phenoxy) is 1. The first kappa shape index (κ1) is 37.3. The summed E-state index contributed by atoms with van der Waals surface area (Å²) in [5.41, 5.74) is -0.789. The molecule has 3 atom stereocenters. The van der Waals surface area contributed by atoms with Gasteiger partial charge < -0.3 is 44.2 Å². The van der Waals surface area contributed by atoms with Gasteiger partial charge in [0.25, 0.3) is 23.6 Å². The molecule has 1 aromatic heterocycles. The van der Waals surface area contributed by atoms with Crippen molar-refractivity contribution in [2.75, 3.05) is 37.0 Å². The summed E-state index contributed by atoms with van der Waals surface area (Å²) < 4.78 is 51.1. The summed E-state index contributed by atoms with van der Waals surface area (Å²) in [6.45, 7) is 6.66. The molecule has 3 N–H and O–H groups in total. The average molecular weight is 814 g/mol. The van der Waals surface area contributed by atoms with E-state index >= 15 is 8.78 Å². The Kier molecular flexibility index (Phi) is 10.5. The Labute approximate surface area is 309 Å². The Bertz CT molecular complexity index is 2010. The Morgan fingerprint density at radius 2 is 1.67 bits per heavy atom. The maximum atomic E-state index is 15.4. The van der Waals surface area contributed by atoms with Crippen molar-refractivity contribution in [1.82, 2.24) is 15.1 Å². The summed E-state index contributed by atoms with van der Waals surface area (Å²) in [6.07, 6.45) is 1.37. The topological polar surface area (TPSA) is 134 Å². The predicted octanol–water partition coefficient (Wildman–Crippen LogP) is 0.682. The number of nitriles is 1. The van der Waals surface area contributed by atoms with Gasteiger partial charge in [0.1, 0.15) is 42.8 Å². The number of anilines is 2. The van der Waals surface area contributed by atoms with Crippen LogP contribution in [0.2, 0.25) is 0 Å². The zero-order chi connectivity index (χ0) is 36.0. The van der Waals surface area contributed by atoms with E-state index in [1.807, 2.05) is 26.8 Å². The summed E-state index contributed by atoms with van der Waals surface area (Å²) in [5.74, 6) is -5.05. The highest BCUT2D eigenvalue weighted by molar-refractivity contribution is 6.13. The van der Waals surface area contributed by atoms with Crippen LogP contribution < -0.4 is 49.1 Å². The first-order chi connectivity index (χ1) is 23.8. The number of quaternary nitrogens is 1. The average Bonchev–Trinajstić information content (AvgIpc) is 3.74. The van der Waals surface area contributed by atoms with E-state index in [1.54, 1.807) is 4.68 Å². The van der Waals surface area contributed by atoms with Gasteiger partial charge in [0.15, 0.2) is 11.2 Å². The van der Waals surface area contributed by atoms with E-state index in [0.29, 0.717) is 31.1 Å². The number of nitrogens with zero attached hydrogens (tertiary/aromatic N) is 4. The van der Waals surface area contributed by atoms with Crippen LogP contribution in [-0.2, 0) is 10.7 Å². The first-order valence-corrected chi connectivity index (χ1v) is 16.0. The number of aromatic nitrogens is 2.